The average molecular weight is 284 g/mol. The predicted octanol–water partition coefficient (Wildman–Crippen LogP) is 2.58. The lowest BCUT2D eigenvalue weighted by molar-refractivity contribution is -0.129. The van der Waals surface area contributed by atoms with Crippen molar-refractivity contribution in [3.05, 3.63) is 0 Å². The number of thioether (sulfide) groups is 1. The van der Waals surface area contributed by atoms with Crippen LogP contribution in [0.1, 0.15) is 33.1 Å². The zero-order chi connectivity index (χ0) is 13.8. The summed E-state index contributed by atoms with van der Waals surface area (Å²) in [4.78, 5) is 13.5. The van der Waals surface area contributed by atoms with Crippen molar-refractivity contribution in [2.75, 3.05) is 12.3 Å². The number of carbonyl (C=O) groups is 1. The van der Waals surface area contributed by atoms with Gasteiger partial charge in [-0.05, 0) is 24.6 Å². The minimum Gasteiger partial charge on any atom is -0.325 e. The molecule has 1 saturated heterocycles. The van der Waals surface area contributed by atoms with Gasteiger partial charge in [0.05, 0.1) is 12.2 Å². The Bertz CT molecular complexity index is 286. The fraction of sp³-hybridized carbons (Fsp3) is 0.909. The van der Waals surface area contributed by atoms with Crippen LogP contribution in [0.25, 0.3) is 0 Å². The van der Waals surface area contributed by atoms with E-state index in [2.05, 4.69) is 5.32 Å². The third-order valence-corrected chi connectivity index (χ3v) is 3.63. The van der Waals surface area contributed by atoms with Gasteiger partial charge < -0.3 is 4.90 Å². The fourth-order valence-electron chi connectivity index (χ4n) is 2.08. The van der Waals surface area contributed by atoms with Crippen LogP contribution in [0.15, 0.2) is 0 Å². The van der Waals surface area contributed by atoms with Crippen LogP contribution in [0.2, 0.25) is 0 Å². The van der Waals surface area contributed by atoms with E-state index in [0.717, 1.165) is 12.8 Å². The molecule has 1 N–H and O–H groups in total. The zero-order valence-electron chi connectivity index (χ0n) is 10.6. The first-order valence-electron chi connectivity index (χ1n) is 6.16. The van der Waals surface area contributed by atoms with E-state index < -0.39 is 5.51 Å². The fourth-order valence-corrected chi connectivity index (χ4v) is 2.60. The molecule has 0 bridgehead atoms. The number of hydrogen-bond acceptors (Lipinski definition) is 3. The van der Waals surface area contributed by atoms with Crippen molar-refractivity contribution in [1.82, 2.24) is 10.2 Å². The molecule has 1 amide bonds. The van der Waals surface area contributed by atoms with Gasteiger partial charge in [-0.1, -0.05) is 20.3 Å². The van der Waals surface area contributed by atoms with Crippen molar-refractivity contribution >= 4 is 17.7 Å². The summed E-state index contributed by atoms with van der Waals surface area (Å²) < 4.78 is 36.2. The molecule has 106 valence electrons. The molecule has 1 heterocycles. The van der Waals surface area contributed by atoms with Gasteiger partial charge in [-0.15, -0.1) is 0 Å². The van der Waals surface area contributed by atoms with E-state index in [1.807, 2.05) is 13.8 Å². The highest BCUT2D eigenvalue weighted by Gasteiger charge is 2.37. The van der Waals surface area contributed by atoms with E-state index in [9.17, 15) is 18.0 Å². The summed E-state index contributed by atoms with van der Waals surface area (Å²) >= 11 is -0.0703. The Morgan fingerprint density at radius 2 is 2.06 bits per heavy atom. The van der Waals surface area contributed by atoms with Gasteiger partial charge in [-0.3, -0.25) is 10.1 Å². The number of hydrogen-bond donors (Lipinski definition) is 1. The number of rotatable bonds is 6. The van der Waals surface area contributed by atoms with Crippen LogP contribution in [-0.4, -0.2) is 40.8 Å². The molecule has 0 aromatic rings. The molecule has 0 aliphatic carbocycles. The van der Waals surface area contributed by atoms with Crippen molar-refractivity contribution in [3.8, 4) is 0 Å². The normalized spacial score (nSPS) is 24.9. The highest BCUT2D eigenvalue weighted by Crippen LogP contribution is 2.30. The van der Waals surface area contributed by atoms with E-state index in [1.165, 1.54) is 0 Å². The molecule has 1 aliphatic rings. The summed E-state index contributed by atoms with van der Waals surface area (Å²) in [5, 5.41) is 3.17. The Kier molecular flexibility index (Phi) is 5.78. The van der Waals surface area contributed by atoms with Gasteiger partial charge in [0.2, 0.25) is 5.91 Å². The van der Waals surface area contributed by atoms with Gasteiger partial charge in [0, 0.05) is 12.3 Å². The van der Waals surface area contributed by atoms with Gasteiger partial charge in [-0.2, -0.15) is 13.2 Å². The van der Waals surface area contributed by atoms with Crippen molar-refractivity contribution in [2.45, 2.75) is 50.8 Å². The van der Waals surface area contributed by atoms with Gasteiger partial charge in [0.1, 0.15) is 0 Å². The van der Waals surface area contributed by atoms with Crippen LogP contribution in [0, 0.1) is 0 Å². The maximum atomic E-state index is 12.1. The molecule has 0 spiro atoms. The van der Waals surface area contributed by atoms with E-state index >= 15 is 0 Å². The number of carbonyl (C=O) groups excluding carboxylic acids is 1. The van der Waals surface area contributed by atoms with Crippen molar-refractivity contribution in [2.24, 2.45) is 0 Å². The molecule has 3 nitrogen and oxygen atoms in total. The van der Waals surface area contributed by atoms with Crippen molar-refractivity contribution in [3.63, 3.8) is 0 Å². The summed E-state index contributed by atoms with van der Waals surface area (Å²) in [5.41, 5.74) is -4.22. The highest BCUT2D eigenvalue weighted by atomic mass is 32.2. The highest BCUT2D eigenvalue weighted by molar-refractivity contribution is 8.00. The van der Waals surface area contributed by atoms with Crippen LogP contribution in [0.4, 0.5) is 13.2 Å². The third kappa shape index (κ3) is 4.35. The van der Waals surface area contributed by atoms with Crippen LogP contribution < -0.4 is 5.32 Å². The van der Waals surface area contributed by atoms with Crippen LogP contribution in [0.3, 0.4) is 0 Å². The minimum absolute atomic E-state index is 0.0703. The predicted molar refractivity (Wildman–Crippen MR) is 66.1 cm³/mol. The second kappa shape index (κ2) is 6.65. The largest absolute Gasteiger partial charge is 0.441 e. The Hall–Kier alpha value is -0.430. The minimum atomic E-state index is -4.22. The number of amides is 1. The molecule has 1 aliphatic heterocycles. The lowest BCUT2D eigenvalue weighted by Crippen LogP contribution is -2.38. The maximum absolute atomic E-state index is 12.1. The molecular formula is C11H19F3N2OS. The Morgan fingerprint density at radius 3 is 2.56 bits per heavy atom. The van der Waals surface area contributed by atoms with Gasteiger partial charge in [0.15, 0.2) is 0 Å². The maximum Gasteiger partial charge on any atom is 0.441 e. The average Bonchev–Trinajstić information content (AvgIpc) is 2.56. The molecular weight excluding hydrogens is 265 g/mol. The Balaban J connectivity index is 2.51. The molecule has 18 heavy (non-hydrogen) atoms. The lowest BCUT2D eigenvalue weighted by Gasteiger charge is -2.23. The van der Waals surface area contributed by atoms with E-state index in [-0.39, 0.29) is 42.2 Å². The number of nitrogens with one attached hydrogen (secondary N) is 1. The molecule has 2 atom stereocenters. The Labute approximate surface area is 109 Å². The van der Waals surface area contributed by atoms with Gasteiger partial charge in [0.25, 0.3) is 0 Å². The van der Waals surface area contributed by atoms with Crippen LogP contribution in [-0.2, 0) is 4.79 Å². The monoisotopic (exact) mass is 284 g/mol. The number of nitrogens with zero attached hydrogens (tertiary/aromatic N) is 1. The molecule has 2 unspecified atom stereocenters. The Morgan fingerprint density at radius 1 is 1.39 bits per heavy atom. The molecule has 0 saturated carbocycles. The van der Waals surface area contributed by atoms with Gasteiger partial charge >= 0.3 is 5.51 Å². The SMILES string of the molecule is CCCC1NC(CC)C(=O)N1CCSC(F)(F)F. The van der Waals surface area contributed by atoms with Crippen molar-refractivity contribution in [1.29, 1.82) is 0 Å². The molecule has 0 aromatic carbocycles. The van der Waals surface area contributed by atoms with E-state index in [1.54, 1.807) is 4.90 Å². The summed E-state index contributed by atoms with van der Waals surface area (Å²) in [7, 11) is 0. The van der Waals surface area contributed by atoms with Crippen LogP contribution in [0.5, 0.6) is 0 Å². The number of alkyl halides is 3. The van der Waals surface area contributed by atoms with Crippen LogP contribution >= 0.6 is 11.8 Å². The third-order valence-electron chi connectivity index (χ3n) is 2.92. The first-order chi connectivity index (χ1) is 8.39. The molecule has 1 rings (SSSR count). The second-order valence-corrected chi connectivity index (χ2v) is 5.42. The lowest BCUT2D eigenvalue weighted by atomic mass is 10.2. The quantitative estimate of drug-likeness (QED) is 0.813. The zero-order valence-corrected chi connectivity index (χ0v) is 11.4. The summed E-state index contributed by atoms with van der Waals surface area (Å²) in [6.07, 6.45) is 2.23. The molecule has 0 radical (unpaired) electrons. The molecule has 1 fully saturated rings. The van der Waals surface area contributed by atoms with Gasteiger partial charge in [-0.25, -0.2) is 0 Å². The van der Waals surface area contributed by atoms with E-state index in [0.29, 0.717) is 6.42 Å². The number of halogens is 3. The smallest absolute Gasteiger partial charge is 0.325 e. The summed E-state index contributed by atoms with van der Waals surface area (Å²) in [6, 6.07) is -0.238. The first kappa shape index (κ1) is 15.6. The standard InChI is InChI=1S/C11H19F3N2OS/c1-3-5-9-15-8(4-2)10(17)16(9)6-7-18-11(12,13)14/h8-9,15H,3-7H2,1-2H3. The topological polar surface area (TPSA) is 32.3 Å². The summed E-state index contributed by atoms with van der Waals surface area (Å²) in [5.74, 6) is -0.174. The first-order valence-corrected chi connectivity index (χ1v) is 7.14. The second-order valence-electron chi connectivity index (χ2n) is 4.26. The van der Waals surface area contributed by atoms with E-state index in [4.69, 9.17) is 0 Å². The molecule has 0 aromatic heterocycles. The summed E-state index contributed by atoms with van der Waals surface area (Å²) in [6.45, 7) is 4.04. The van der Waals surface area contributed by atoms with Crippen molar-refractivity contribution < 1.29 is 18.0 Å². The molecule has 7 heteroatoms.